The van der Waals surface area contributed by atoms with Crippen molar-refractivity contribution in [3.05, 3.63) is 80.9 Å². The Kier molecular flexibility index (Phi) is 8.73. The number of carbonyl (C=O) groups is 1. The first-order valence-electron chi connectivity index (χ1n) is 12.1. The summed E-state index contributed by atoms with van der Waals surface area (Å²) >= 11 is 5.85. The van der Waals surface area contributed by atoms with Gasteiger partial charge in [0.05, 0.1) is 18.2 Å². The van der Waals surface area contributed by atoms with Crippen molar-refractivity contribution in [1.82, 2.24) is 24.3 Å². The number of halogens is 5. The summed E-state index contributed by atoms with van der Waals surface area (Å²) in [6.45, 7) is 3.19. The summed E-state index contributed by atoms with van der Waals surface area (Å²) in [4.78, 5) is 34.3. The van der Waals surface area contributed by atoms with Crippen LogP contribution in [-0.2, 0) is 22.2 Å². The van der Waals surface area contributed by atoms with Crippen molar-refractivity contribution in [1.29, 1.82) is 0 Å². The molecule has 0 spiro atoms. The summed E-state index contributed by atoms with van der Waals surface area (Å²) in [5.41, 5.74) is -1.34. The van der Waals surface area contributed by atoms with Gasteiger partial charge in [-0.3, -0.25) is 4.79 Å². The van der Waals surface area contributed by atoms with Crippen LogP contribution in [0.4, 0.5) is 29.2 Å². The van der Waals surface area contributed by atoms with Crippen LogP contribution >= 0.6 is 11.6 Å². The Morgan fingerprint density at radius 2 is 1.95 bits per heavy atom. The predicted octanol–water partition coefficient (Wildman–Crippen LogP) is 5.18. The van der Waals surface area contributed by atoms with Crippen LogP contribution in [0.1, 0.15) is 28.7 Å². The van der Waals surface area contributed by atoms with Crippen molar-refractivity contribution in [3.63, 3.8) is 0 Å². The number of pyridine rings is 1. The topological polar surface area (TPSA) is 113 Å². The molecule has 3 aromatic heterocycles. The second-order valence-electron chi connectivity index (χ2n) is 8.62. The van der Waals surface area contributed by atoms with Gasteiger partial charge in [-0.1, -0.05) is 11.6 Å². The lowest BCUT2D eigenvalue weighted by atomic mass is 10.1. The molecule has 0 radical (unpaired) electrons. The van der Waals surface area contributed by atoms with Gasteiger partial charge in [0.15, 0.2) is 11.5 Å². The first kappa shape index (κ1) is 29.7. The largest absolute Gasteiger partial charge is 0.462 e. The molecule has 0 aliphatic carbocycles. The zero-order chi connectivity index (χ0) is 29.9. The van der Waals surface area contributed by atoms with Gasteiger partial charge in [-0.2, -0.15) is 23.3 Å². The number of methoxy groups -OCH3 is 1. The van der Waals surface area contributed by atoms with Gasteiger partial charge >= 0.3 is 12.1 Å². The van der Waals surface area contributed by atoms with E-state index < -0.39 is 29.2 Å². The van der Waals surface area contributed by atoms with Crippen LogP contribution in [0.5, 0.6) is 0 Å². The van der Waals surface area contributed by atoms with Gasteiger partial charge in [0.25, 0.3) is 5.56 Å². The number of hydrogen-bond donors (Lipinski definition) is 1. The van der Waals surface area contributed by atoms with E-state index >= 15 is 0 Å². The van der Waals surface area contributed by atoms with E-state index in [1.807, 2.05) is 0 Å². The van der Waals surface area contributed by atoms with E-state index in [0.29, 0.717) is 5.69 Å². The summed E-state index contributed by atoms with van der Waals surface area (Å²) in [7, 11) is 1.44. The number of esters is 1. The molecule has 0 aliphatic rings. The molecule has 1 N–H and O–H groups in total. The molecule has 0 unspecified atom stereocenters. The third-order valence-electron chi connectivity index (χ3n) is 5.75. The minimum absolute atomic E-state index is 0.00933. The number of nitrogens with one attached hydrogen (secondary N) is 1. The molecule has 10 nitrogen and oxygen atoms in total. The van der Waals surface area contributed by atoms with Gasteiger partial charge in [0.1, 0.15) is 11.4 Å². The molecule has 0 aliphatic heterocycles. The molecule has 4 rings (SSSR count). The molecule has 0 saturated carbocycles. The highest BCUT2D eigenvalue weighted by molar-refractivity contribution is 6.31. The first-order valence-corrected chi connectivity index (χ1v) is 12.4. The summed E-state index contributed by atoms with van der Waals surface area (Å²) in [5, 5.41) is 6.37. The van der Waals surface area contributed by atoms with Gasteiger partial charge < -0.3 is 19.4 Å². The van der Waals surface area contributed by atoms with E-state index in [4.69, 9.17) is 21.1 Å². The van der Waals surface area contributed by atoms with Crippen LogP contribution in [0, 0.1) is 12.7 Å². The van der Waals surface area contributed by atoms with Crippen LogP contribution in [0.15, 0.2) is 47.5 Å². The van der Waals surface area contributed by atoms with Crippen LogP contribution in [0.3, 0.4) is 0 Å². The lowest BCUT2D eigenvalue weighted by molar-refractivity contribution is -0.141. The molecule has 4 aromatic rings. The number of alkyl halides is 3. The van der Waals surface area contributed by atoms with Crippen molar-refractivity contribution in [2.45, 2.75) is 26.6 Å². The third-order valence-corrected chi connectivity index (χ3v) is 6.04. The van der Waals surface area contributed by atoms with Gasteiger partial charge in [0, 0.05) is 48.6 Å². The third kappa shape index (κ3) is 6.55. The molecule has 3 heterocycles. The molecule has 0 atom stereocenters. The van der Waals surface area contributed by atoms with E-state index in [2.05, 4.69) is 20.4 Å². The minimum Gasteiger partial charge on any atom is -0.462 e. The summed E-state index contributed by atoms with van der Waals surface area (Å²) in [5.74, 6) is -1.71. The Morgan fingerprint density at radius 3 is 2.59 bits per heavy atom. The predicted molar refractivity (Wildman–Crippen MR) is 141 cm³/mol. The average molecular weight is 595 g/mol. The second-order valence-corrected chi connectivity index (χ2v) is 9.03. The number of benzene rings is 1. The fraction of sp³-hybridized carbons (Fsp3) is 0.269. The molecule has 41 heavy (non-hydrogen) atoms. The zero-order valence-electron chi connectivity index (χ0n) is 21.9. The van der Waals surface area contributed by atoms with Crippen LogP contribution in [0.2, 0.25) is 5.02 Å². The van der Waals surface area contributed by atoms with Gasteiger partial charge in [0.2, 0.25) is 5.95 Å². The number of ether oxygens (including phenoxy) is 2. The van der Waals surface area contributed by atoms with Gasteiger partial charge in [-0.05, 0) is 44.2 Å². The van der Waals surface area contributed by atoms with E-state index in [-0.39, 0.29) is 58.9 Å². The Balaban J connectivity index is 1.93. The number of nitrogens with zero attached hydrogens (tertiary/aromatic N) is 5. The van der Waals surface area contributed by atoms with Crippen molar-refractivity contribution in [3.8, 4) is 16.9 Å². The van der Waals surface area contributed by atoms with Crippen molar-refractivity contribution >= 4 is 29.2 Å². The number of hydrogen-bond acceptors (Lipinski definition) is 8. The number of aromatic nitrogens is 5. The van der Waals surface area contributed by atoms with E-state index in [9.17, 15) is 27.2 Å². The smallest absolute Gasteiger partial charge is 0.435 e. The fourth-order valence-electron chi connectivity index (χ4n) is 3.82. The molecule has 1 aromatic carbocycles. The lowest BCUT2D eigenvalue weighted by Crippen LogP contribution is -2.28. The normalized spacial score (nSPS) is 11.5. The van der Waals surface area contributed by atoms with E-state index in [0.717, 1.165) is 16.8 Å². The maximum absolute atomic E-state index is 13.6. The van der Waals surface area contributed by atoms with Gasteiger partial charge in [-0.15, -0.1) is 0 Å². The zero-order valence-corrected chi connectivity index (χ0v) is 22.7. The van der Waals surface area contributed by atoms with Crippen molar-refractivity contribution in [2.24, 2.45) is 0 Å². The standard InChI is InChI=1S/C26H23ClF4N6O4/c1-4-41-24(39)17-10-15(13-36(23(17)38)7-8-40-3)18-12-32-25(33-16-5-6-20(28)19(27)11-16)34-22(18)37-14(2)9-21(35-37)26(29,30)31/h5-6,9-13H,4,7-8H2,1-3H3,(H,32,33,34). The Bertz CT molecular complexity index is 1650. The summed E-state index contributed by atoms with van der Waals surface area (Å²) < 4.78 is 66.5. The minimum atomic E-state index is -4.74. The molecule has 0 amide bonds. The highest BCUT2D eigenvalue weighted by Crippen LogP contribution is 2.32. The van der Waals surface area contributed by atoms with Crippen LogP contribution in [0.25, 0.3) is 16.9 Å². The molecule has 0 saturated heterocycles. The highest BCUT2D eigenvalue weighted by atomic mass is 35.5. The maximum Gasteiger partial charge on any atom is 0.435 e. The van der Waals surface area contributed by atoms with Gasteiger partial charge in [-0.25, -0.2) is 18.9 Å². The quantitative estimate of drug-likeness (QED) is 0.208. The lowest BCUT2D eigenvalue weighted by Gasteiger charge is -2.15. The summed E-state index contributed by atoms with van der Waals surface area (Å²) in [6.07, 6.45) is -2.04. The Labute approximate surface area is 235 Å². The highest BCUT2D eigenvalue weighted by Gasteiger charge is 2.35. The molecular formula is C26H23ClF4N6O4. The molecule has 216 valence electrons. The number of aryl methyl sites for hydroxylation is 1. The van der Waals surface area contributed by atoms with Crippen molar-refractivity contribution < 1.29 is 31.8 Å². The number of rotatable bonds is 9. The number of carbonyl (C=O) groups excluding carboxylic acids is 1. The number of anilines is 2. The second kappa shape index (κ2) is 12.1. The monoisotopic (exact) mass is 594 g/mol. The first-order chi connectivity index (χ1) is 19.4. The van der Waals surface area contributed by atoms with Crippen LogP contribution < -0.4 is 10.9 Å². The molecule has 0 bridgehead atoms. The van der Waals surface area contributed by atoms with Crippen LogP contribution in [-0.4, -0.2) is 50.6 Å². The molecule has 15 heteroatoms. The SMILES string of the molecule is CCOC(=O)c1cc(-c2cnc(Nc3ccc(F)c(Cl)c3)nc2-n2nc(C(F)(F)F)cc2C)cn(CCOC)c1=O. The van der Waals surface area contributed by atoms with E-state index in [1.54, 1.807) is 6.92 Å². The Hall–Kier alpha value is -4.30. The molecule has 0 fully saturated rings. The summed E-state index contributed by atoms with van der Waals surface area (Å²) in [6, 6.07) is 5.88. The fourth-order valence-corrected chi connectivity index (χ4v) is 4.00. The molecular weight excluding hydrogens is 572 g/mol. The average Bonchev–Trinajstić information content (AvgIpc) is 3.32. The maximum atomic E-state index is 13.6. The van der Waals surface area contributed by atoms with E-state index in [1.165, 1.54) is 49.2 Å². The Morgan fingerprint density at radius 1 is 1.20 bits per heavy atom. The van der Waals surface area contributed by atoms with Crippen molar-refractivity contribution in [2.75, 3.05) is 25.6 Å².